The van der Waals surface area contributed by atoms with Gasteiger partial charge in [-0.1, -0.05) is 32.6 Å². The predicted octanol–water partition coefficient (Wildman–Crippen LogP) is 3.22. The second kappa shape index (κ2) is 5.70. The van der Waals surface area contributed by atoms with Gasteiger partial charge in [-0.25, -0.2) is 0 Å². The summed E-state index contributed by atoms with van der Waals surface area (Å²) in [5.74, 6) is 2.28. The molecule has 0 unspecified atom stereocenters. The Kier molecular flexibility index (Phi) is 4.25. The van der Waals surface area contributed by atoms with E-state index in [0.717, 1.165) is 37.8 Å². The van der Waals surface area contributed by atoms with Gasteiger partial charge in [-0.05, 0) is 31.1 Å². The zero-order valence-electron chi connectivity index (χ0n) is 10.6. The maximum atomic E-state index is 11.9. The molecule has 0 aliphatic heterocycles. The topological polar surface area (TPSA) is 20.3 Å². The maximum absolute atomic E-state index is 11.9. The van der Waals surface area contributed by atoms with E-state index >= 15 is 0 Å². The van der Waals surface area contributed by atoms with Gasteiger partial charge in [0.05, 0.1) is 0 Å². The molecule has 0 bridgehead atoms. The van der Waals surface area contributed by atoms with Crippen LogP contribution in [0.4, 0.5) is 0 Å². The molecule has 1 amide bonds. The highest BCUT2D eigenvalue weighted by atomic mass is 16.2. The molecule has 0 N–H and O–H groups in total. The number of hydrogen-bond acceptors (Lipinski definition) is 1. The van der Waals surface area contributed by atoms with Crippen molar-refractivity contribution in [1.82, 2.24) is 4.90 Å². The first-order valence-corrected chi connectivity index (χ1v) is 7.07. The summed E-state index contributed by atoms with van der Waals surface area (Å²) < 4.78 is 0. The van der Waals surface area contributed by atoms with Crippen LogP contribution in [0, 0.1) is 11.8 Å². The Morgan fingerprint density at radius 3 is 1.94 bits per heavy atom. The highest BCUT2D eigenvalue weighted by Gasteiger charge is 2.25. The largest absolute Gasteiger partial charge is 0.343 e. The van der Waals surface area contributed by atoms with Crippen molar-refractivity contribution in [2.75, 3.05) is 13.1 Å². The molecule has 2 aliphatic rings. The Bertz CT molecular complexity index is 215. The van der Waals surface area contributed by atoms with E-state index in [1.165, 1.54) is 38.5 Å². The fourth-order valence-corrected chi connectivity index (χ4v) is 2.22. The third kappa shape index (κ3) is 4.15. The van der Waals surface area contributed by atoms with Crippen LogP contribution in [0.15, 0.2) is 0 Å². The average molecular weight is 223 g/mol. The zero-order chi connectivity index (χ0) is 11.4. The Labute approximate surface area is 99.4 Å². The first kappa shape index (κ1) is 11.9. The standard InChI is InChI=1S/C14H25NO/c1-2-3-14(16)15(10-8-12-4-5-12)11-9-13-6-7-13/h12-13H,2-11H2,1H3. The van der Waals surface area contributed by atoms with E-state index in [9.17, 15) is 4.79 Å². The van der Waals surface area contributed by atoms with Gasteiger partial charge in [0.2, 0.25) is 5.91 Å². The molecule has 2 nitrogen and oxygen atoms in total. The highest BCUT2D eigenvalue weighted by Crippen LogP contribution is 2.34. The molecule has 2 rings (SSSR count). The first-order chi connectivity index (χ1) is 7.79. The molecule has 2 aliphatic carbocycles. The summed E-state index contributed by atoms with van der Waals surface area (Å²) in [7, 11) is 0. The van der Waals surface area contributed by atoms with E-state index < -0.39 is 0 Å². The minimum absolute atomic E-state index is 0.392. The number of amides is 1. The fraction of sp³-hybridized carbons (Fsp3) is 0.929. The molecule has 0 aromatic carbocycles. The van der Waals surface area contributed by atoms with E-state index in [1.807, 2.05) is 0 Å². The molecule has 2 heteroatoms. The third-order valence-corrected chi connectivity index (χ3v) is 3.82. The van der Waals surface area contributed by atoms with E-state index in [2.05, 4.69) is 11.8 Å². The second-order valence-corrected chi connectivity index (χ2v) is 5.59. The molecule has 0 atom stereocenters. The summed E-state index contributed by atoms with van der Waals surface area (Å²) in [6.07, 6.45) is 9.84. The molecule has 0 spiro atoms. The monoisotopic (exact) mass is 223 g/mol. The van der Waals surface area contributed by atoms with Gasteiger partial charge < -0.3 is 4.90 Å². The van der Waals surface area contributed by atoms with Crippen molar-refractivity contribution in [3.63, 3.8) is 0 Å². The number of nitrogens with zero attached hydrogens (tertiary/aromatic N) is 1. The molecule has 2 saturated carbocycles. The number of rotatable bonds is 8. The molecule has 0 radical (unpaired) electrons. The molecular weight excluding hydrogens is 198 g/mol. The van der Waals surface area contributed by atoms with Gasteiger partial charge in [-0.3, -0.25) is 4.79 Å². The first-order valence-electron chi connectivity index (χ1n) is 7.07. The lowest BCUT2D eigenvalue weighted by Gasteiger charge is -2.22. The van der Waals surface area contributed by atoms with Gasteiger partial charge in [0.1, 0.15) is 0 Å². The third-order valence-electron chi connectivity index (χ3n) is 3.82. The second-order valence-electron chi connectivity index (χ2n) is 5.59. The molecule has 0 aromatic rings. The molecular formula is C14H25NO. The van der Waals surface area contributed by atoms with Crippen molar-refractivity contribution in [3.05, 3.63) is 0 Å². The van der Waals surface area contributed by atoms with Gasteiger partial charge >= 0.3 is 0 Å². The molecule has 0 aromatic heterocycles. The van der Waals surface area contributed by atoms with Gasteiger partial charge in [0, 0.05) is 19.5 Å². The number of carbonyl (C=O) groups is 1. The van der Waals surface area contributed by atoms with Crippen LogP contribution in [0.5, 0.6) is 0 Å². The Morgan fingerprint density at radius 1 is 1.06 bits per heavy atom. The Hall–Kier alpha value is -0.530. The van der Waals surface area contributed by atoms with Crippen LogP contribution in [0.3, 0.4) is 0 Å². The quantitative estimate of drug-likeness (QED) is 0.618. The van der Waals surface area contributed by atoms with Crippen molar-refractivity contribution in [2.45, 2.75) is 58.3 Å². The summed E-state index contributed by atoms with van der Waals surface area (Å²) in [6.45, 7) is 4.14. The van der Waals surface area contributed by atoms with E-state index in [4.69, 9.17) is 0 Å². The lowest BCUT2D eigenvalue weighted by Crippen LogP contribution is -2.33. The van der Waals surface area contributed by atoms with Gasteiger partial charge in [0.25, 0.3) is 0 Å². The van der Waals surface area contributed by atoms with Crippen LogP contribution in [-0.2, 0) is 4.79 Å². The summed E-state index contributed by atoms with van der Waals surface area (Å²) in [5, 5.41) is 0. The van der Waals surface area contributed by atoms with Gasteiger partial charge in [0.15, 0.2) is 0 Å². The molecule has 2 fully saturated rings. The summed E-state index contributed by atoms with van der Waals surface area (Å²) in [4.78, 5) is 14.1. The minimum atomic E-state index is 0.392. The normalized spacial score (nSPS) is 19.8. The zero-order valence-corrected chi connectivity index (χ0v) is 10.6. The van der Waals surface area contributed by atoms with Crippen molar-refractivity contribution >= 4 is 5.91 Å². The van der Waals surface area contributed by atoms with Crippen molar-refractivity contribution < 1.29 is 4.79 Å². The maximum Gasteiger partial charge on any atom is 0.222 e. The molecule has 92 valence electrons. The molecule has 16 heavy (non-hydrogen) atoms. The lowest BCUT2D eigenvalue weighted by atomic mass is 10.2. The smallest absolute Gasteiger partial charge is 0.222 e. The predicted molar refractivity (Wildman–Crippen MR) is 66.2 cm³/mol. The average Bonchev–Trinajstić information content (AvgIpc) is 3.13. The summed E-state index contributed by atoms with van der Waals surface area (Å²) in [5.41, 5.74) is 0. The number of hydrogen-bond donors (Lipinski definition) is 0. The lowest BCUT2D eigenvalue weighted by molar-refractivity contribution is -0.131. The summed E-state index contributed by atoms with van der Waals surface area (Å²) >= 11 is 0. The number of carbonyl (C=O) groups excluding carboxylic acids is 1. The molecule has 0 heterocycles. The van der Waals surface area contributed by atoms with Gasteiger partial charge in [-0.2, -0.15) is 0 Å². The SMILES string of the molecule is CCCC(=O)N(CCC1CC1)CCC1CC1. The Balaban J connectivity index is 1.70. The van der Waals surface area contributed by atoms with Crippen LogP contribution < -0.4 is 0 Å². The Morgan fingerprint density at radius 2 is 1.56 bits per heavy atom. The van der Waals surface area contributed by atoms with Crippen molar-refractivity contribution in [1.29, 1.82) is 0 Å². The summed E-state index contributed by atoms with van der Waals surface area (Å²) in [6, 6.07) is 0. The molecule has 0 saturated heterocycles. The van der Waals surface area contributed by atoms with Crippen LogP contribution >= 0.6 is 0 Å². The van der Waals surface area contributed by atoms with Crippen LogP contribution in [-0.4, -0.2) is 23.9 Å². The minimum Gasteiger partial charge on any atom is -0.343 e. The van der Waals surface area contributed by atoms with Crippen LogP contribution in [0.25, 0.3) is 0 Å². The van der Waals surface area contributed by atoms with Gasteiger partial charge in [-0.15, -0.1) is 0 Å². The van der Waals surface area contributed by atoms with Crippen molar-refractivity contribution in [2.24, 2.45) is 11.8 Å². The van der Waals surface area contributed by atoms with Crippen LogP contribution in [0.1, 0.15) is 58.3 Å². The van der Waals surface area contributed by atoms with E-state index in [1.54, 1.807) is 0 Å². The van der Waals surface area contributed by atoms with E-state index in [-0.39, 0.29) is 0 Å². The van der Waals surface area contributed by atoms with Crippen molar-refractivity contribution in [3.8, 4) is 0 Å². The highest BCUT2D eigenvalue weighted by molar-refractivity contribution is 5.76. The van der Waals surface area contributed by atoms with E-state index in [0.29, 0.717) is 5.91 Å². The van der Waals surface area contributed by atoms with Crippen LogP contribution in [0.2, 0.25) is 0 Å². The fourth-order valence-electron chi connectivity index (χ4n) is 2.22.